The van der Waals surface area contributed by atoms with Gasteiger partial charge in [-0.05, 0) is 46.2 Å². The van der Waals surface area contributed by atoms with Crippen molar-refractivity contribution in [1.29, 1.82) is 0 Å². The molecule has 0 aliphatic rings. The average Bonchev–Trinajstić information content (AvgIpc) is 3.20. The third kappa shape index (κ3) is 4.71. The lowest BCUT2D eigenvalue weighted by Gasteiger charge is -2.11. The summed E-state index contributed by atoms with van der Waals surface area (Å²) in [6.07, 6.45) is 3.59. The molecule has 10 aromatic rings. The van der Waals surface area contributed by atoms with E-state index in [0.717, 1.165) is 54.7 Å². The van der Waals surface area contributed by atoms with Crippen LogP contribution in [0.4, 0.5) is 0 Å². The molecular weight excluding hydrogens is 615 g/mol. The minimum atomic E-state index is 0.455. The van der Waals surface area contributed by atoms with Gasteiger partial charge >= 0.3 is 0 Å². The fourth-order valence-corrected chi connectivity index (χ4v) is 6.71. The predicted molar refractivity (Wildman–Crippen MR) is 200 cm³/mol. The third-order valence-electron chi connectivity index (χ3n) is 9.20. The summed E-state index contributed by atoms with van der Waals surface area (Å²) in [7, 11) is 0. The lowest BCUT2D eigenvalue weighted by atomic mass is 9.97. The molecule has 0 aliphatic carbocycles. The zero-order valence-electron chi connectivity index (χ0n) is 26.6. The average molecular weight is 640 g/mol. The highest BCUT2D eigenvalue weighted by molar-refractivity contribution is 6.04. The van der Waals surface area contributed by atoms with Crippen LogP contribution in [0.5, 0.6) is 0 Å². The van der Waals surface area contributed by atoms with Crippen molar-refractivity contribution in [2.75, 3.05) is 0 Å². The Balaban J connectivity index is 1.15. The lowest BCUT2D eigenvalue weighted by Crippen LogP contribution is -2.02. The van der Waals surface area contributed by atoms with Crippen LogP contribution in [0.3, 0.4) is 0 Å². The Bertz CT molecular complexity index is 2800. The van der Waals surface area contributed by atoms with Crippen molar-refractivity contribution < 1.29 is 0 Å². The number of aromatic nitrogens is 7. The summed E-state index contributed by atoms with van der Waals surface area (Å²) in [5.41, 5.74) is 7.67. The number of fused-ring (bicyclic) bond motifs is 7. The first-order valence-electron chi connectivity index (χ1n) is 16.4. The van der Waals surface area contributed by atoms with E-state index in [1.54, 1.807) is 12.4 Å². The monoisotopic (exact) mass is 639 g/mol. The fraction of sp³-hybridized carbons (Fsp3) is 0. The molecule has 0 aliphatic heterocycles. The number of nitrogens with zero attached hydrogens (tertiary/aromatic N) is 7. The summed E-state index contributed by atoms with van der Waals surface area (Å²) in [5.74, 6) is 1.44. The van der Waals surface area contributed by atoms with E-state index in [9.17, 15) is 0 Å². The van der Waals surface area contributed by atoms with Crippen molar-refractivity contribution in [3.63, 3.8) is 0 Å². The normalized spacial score (nSPS) is 11.6. The molecule has 0 N–H and O–H groups in total. The molecular formula is C43H25N7. The number of pyridine rings is 4. The van der Waals surface area contributed by atoms with Gasteiger partial charge in [-0.2, -0.15) is 0 Å². The second-order valence-corrected chi connectivity index (χ2v) is 12.2. The molecule has 10 rings (SSSR count). The number of hydrogen-bond acceptors (Lipinski definition) is 7. The number of benzene rings is 5. The van der Waals surface area contributed by atoms with Crippen molar-refractivity contribution in [1.82, 2.24) is 34.9 Å². The molecule has 7 heteroatoms. The minimum Gasteiger partial charge on any atom is -0.254 e. The van der Waals surface area contributed by atoms with Gasteiger partial charge in [0.1, 0.15) is 11.4 Å². The van der Waals surface area contributed by atoms with Gasteiger partial charge in [0.15, 0.2) is 17.5 Å². The highest BCUT2D eigenvalue weighted by atomic mass is 15.1. The second kappa shape index (κ2) is 11.3. The Morgan fingerprint density at radius 1 is 0.300 bits per heavy atom. The molecule has 50 heavy (non-hydrogen) atoms. The zero-order valence-corrected chi connectivity index (χ0v) is 26.6. The van der Waals surface area contributed by atoms with Crippen molar-refractivity contribution in [2.24, 2.45) is 0 Å². The summed E-state index contributed by atoms with van der Waals surface area (Å²) in [5, 5.41) is 6.45. The van der Waals surface area contributed by atoms with Gasteiger partial charge in [0.25, 0.3) is 0 Å². The van der Waals surface area contributed by atoms with E-state index in [1.165, 1.54) is 16.3 Å². The third-order valence-corrected chi connectivity index (χ3v) is 9.20. The van der Waals surface area contributed by atoms with Gasteiger partial charge in [0, 0.05) is 39.5 Å². The molecule has 0 atom stereocenters. The Morgan fingerprint density at radius 2 is 0.780 bits per heavy atom. The molecule has 5 aromatic heterocycles. The Labute approximate surface area is 286 Å². The Hall–Kier alpha value is -6.99. The SMILES string of the molecule is c1ccc2c(-c3ccc(-c4nc(-c5ccc6ccc7cccnc7c6n5)nc(-c5ccc6ccc7cccnc7c6n5)n4)cc3)cccc2c1. The van der Waals surface area contributed by atoms with Crippen molar-refractivity contribution in [3.8, 4) is 45.6 Å². The van der Waals surface area contributed by atoms with E-state index >= 15 is 0 Å². The second-order valence-electron chi connectivity index (χ2n) is 12.2. The molecule has 0 fully saturated rings. The van der Waals surface area contributed by atoms with E-state index in [-0.39, 0.29) is 0 Å². The molecule has 0 amide bonds. The summed E-state index contributed by atoms with van der Waals surface area (Å²) in [6, 6.07) is 47.4. The van der Waals surface area contributed by atoms with Gasteiger partial charge in [-0.15, -0.1) is 0 Å². The molecule has 5 heterocycles. The molecule has 0 saturated carbocycles. The van der Waals surface area contributed by atoms with Crippen LogP contribution in [0.2, 0.25) is 0 Å². The van der Waals surface area contributed by atoms with Gasteiger partial charge in [-0.25, -0.2) is 24.9 Å². The largest absolute Gasteiger partial charge is 0.254 e. The maximum absolute atomic E-state index is 5.07. The van der Waals surface area contributed by atoms with Gasteiger partial charge in [-0.1, -0.05) is 115 Å². The van der Waals surface area contributed by atoms with Crippen LogP contribution in [0.1, 0.15) is 0 Å². The first-order valence-corrected chi connectivity index (χ1v) is 16.4. The van der Waals surface area contributed by atoms with Crippen LogP contribution in [-0.4, -0.2) is 34.9 Å². The molecule has 0 spiro atoms. The summed E-state index contributed by atoms with van der Waals surface area (Å²) in [6.45, 7) is 0. The van der Waals surface area contributed by atoms with Gasteiger partial charge in [-0.3, -0.25) is 9.97 Å². The van der Waals surface area contributed by atoms with Crippen molar-refractivity contribution in [3.05, 3.63) is 152 Å². The van der Waals surface area contributed by atoms with Crippen molar-refractivity contribution in [2.45, 2.75) is 0 Å². The Morgan fingerprint density at radius 3 is 1.40 bits per heavy atom. The fourth-order valence-electron chi connectivity index (χ4n) is 6.71. The maximum atomic E-state index is 5.07. The van der Waals surface area contributed by atoms with Crippen LogP contribution < -0.4 is 0 Å². The molecule has 0 saturated heterocycles. The van der Waals surface area contributed by atoms with Crippen LogP contribution in [0.15, 0.2) is 152 Å². The zero-order chi connectivity index (χ0) is 33.0. The molecule has 232 valence electrons. The molecule has 0 radical (unpaired) electrons. The maximum Gasteiger partial charge on any atom is 0.182 e. The minimum absolute atomic E-state index is 0.455. The van der Waals surface area contributed by atoms with Crippen LogP contribution in [-0.2, 0) is 0 Å². The highest BCUT2D eigenvalue weighted by Gasteiger charge is 2.17. The smallest absolute Gasteiger partial charge is 0.182 e. The van der Waals surface area contributed by atoms with Crippen LogP contribution >= 0.6 is 0 Å². The van der Waals surface area contributed by atoms with Gasteiger partial charge in [0.2, 0.25) is 0 Å². The number of rotatable bonds is 4. The van der Waals surface area contributed by atoms with E-state index in [1.807, 2.05) is 48.5 Å². The summed E-state index contributed by atoms with van der Waals surface area (Å²) >= 11 is 0. The van der Waals surface area contributed by atoms with E-state index in [2.05, 4.69) is 101 Å². The highest BCUT2D eigenvalue weighted by Crippen LogP contribution is 2.32. The van der Waals surface area contributed by atoms with Crippen LogP contribution in [0.25, 0.3) is 99.9 Å². The first-order chi connectivity index (χ1) is 24.7. The Kier molecular flexibility index (Phi) is 6.35. The van der Waals surface area contributed by atoms with Crippen LogP contribution in [0, 0.1) is 0 Å². The van der Waals surface area contributed by atoms with E-state index in [4.69, 9.17) is 24.9 Å². The summed E-state index contributed by atoms with van der Waals surface area (Å²) in [4.78, 5) is 34.4. The lowest BCUT2D eigenvalue weighted by molar-refractivity contribution is 1.05. The molecule has 5 aromatic carbocycles. The predicted octanol–water partition coefficient (Wildman–Crippen LogP) is 9.89. The summed E-state index contributed by atoms with van der Waals surface area (Å²) < 4.78 is 0. The van der Waals surface area contributed by atoms with Gasteiger partial charge in [0.05, 0.1) is 22.1 Å². The quantitative estimate of drug-likeness (QED) is 0.177. The topological polar surface area (TPSA) is 90.2 Å². The number of hydrogen-bond donors (Lipinski definition) is 0. The standard InChI is InChI=1S/C43H25N7/c1-2-10-33-26(6-1)7-3-11-34(33)27-12-18-32(19-13-27)41-48-42(35-22-20-30-16-14-28-8-4-24-44-37(28)39(30)46-35)50-43(49-41)36-23-21-31-17-15-29-9-5-25-45-38(29)40(31)47-36/h1-25H. The van der Waals surface area contributed by atoms with E-state index < -0.39 is 0 Å². The molecule has 7 nitrogen and oxygen atoms in total. The molecule has 0 bridgehead atoms. The molecule has 0 unspecified atom stereocenters. The van der Waals surface area contributed by atoms with Gasteiger partial charge < -0.3 is 0 Å². The van der Waals surface area contributed by atoms with Crippen molar-refractivity contribution >= 4 is 54.4 Å². The van der Waals surface area contributed by atoms with E-state index in [0.29, 0.717) is 28.9 Å². The first kappa shape index (κ1) is 28.1.